The maximum Gasteiger partial charge on any atom is 0.230 e. The summed E-state index contributed by atoms with van der Waals surface area (Å²) < 4.78 is 21.1. The molecular weight excluding hydrogens is 437 g/mol. The molecule has 4 aromatic rings. The van der Waals surface area contributed by atoms with Crippen molar-refractivity contribution in [3.8, 4) is 16.5 Å². The third-order valence-electron chi connectivity index (χ3n) is 5.01. The summed E-state index contributed by atoms with van der Waals surface area (Å²) in [5, 5.41) is 20.3. The lowest BCUT2D eigenvalue weighted by atomic mass is 10.1. The number of aryl methyl sites for hydroxylation is 1. The lowest BCUT2D eigenvalue weighted by Gasteiger charge is -2.06. The molecule has 0 saturated heterocycles. The van der Waals surface area contributed by atoms with Crippen LogP contribution in [0.2, 0.25) is 0 Å². The molecular formula is C21H16FN5O2S2. The molecule has 0 bridgehead atoms. The first-order valence-corrected chi connectivity index (χ1v) is 11.3. The molecule has 7 nitrogen and oxygen atoms in total. The molecule has 3 aromatic heterocycles. The molecule has 0 unspecified atom stereocenters. The summed E-state index contributed by atoms with van der Waals surface area (Å²) in [5.41, 5.74) is 0.420. The Hall–Kier alpha value is -3.16. The van der Waals surface area contributed by atoms with Crippen molar-refractivity contribution in [2.45, 2.75) is 38.1 Å². The fraction of sp³-hybridized carbons (Fsp3) is 0.286. The number of amides is 1. The summed E-state index contributed by atoms with van der Waals surface area (Å²) >= 11 is 2.80. The summed E-state index contributed by atoms with van der Waals surface area (Å²) in [6, 6.07) is 9.57. The van der Waals surface area contributed by atoms with Crippen LogP contribution in [0.25, 0.3) is 20.7 Å². The Balaban J connectivity index is 1.31. The number of thiophene rings is 1. The largest absolute Gasteiger partial charge is 0.424 e. The molecule has 0 radical (unpaired) electrons. The van der Waals surface area contributed by atoms with Crippen molar-refractivity contribution in [3.05, 3.63) is 51.7 Å². The van der Waals surface area contributed by atoms with Crippen LogP contribution in [0, 0.1) is 24.1 Å². The predicted octanol–water partition coefficient (Wildman–Crippen LogP) is 4.16. The van der Waals surface area contributed by atoms with Gasteiger partial charge in [0.15, 0.2) is 5.82 Å². The second-order valence-electron chi connectivity index (χ2n) is 7.48. The van der Waals surface area contributed by atoms with E-state index in [4.69, 9.17) is 9.68 Å². The predicted molar refractivity (Wildman–Crippen MR) is 114 cm³/mol. The van der Waals surface area contributed by atoms with Crippen molar-refractivity contribution in [1.82, 2.24) is 20.5 Å². The molecule has 0 spiro atoms. The number of aromatic nitrogens is 3. The number of nitriles is 1. The van der Waals surface area contributed by atoms with E-state index in [1.54, 1.807) is 17.4 Å². The molecule has 10 heteroatoms. The van der Waals surface area contributed by atoms with Gasteiger partial charge < -0.3 is 9.73 Å². The van der Waals surface area contributed by atoms with Gasteiger partial charge in [-0.15, -0.1) is 32.9 Å². The highest BCUT2D eigenvalue weighted by molar-refractivity contribution is 7.18. The van der Waals surface area contributed by atoms with E-state index in [-0.39, 0.29) is 30.5 Å². The molecule has 156 valence electrons. The fourth-order valence-electron chi connectivity index (χ4n) is 3.25. The van der Waals surface area contributed by atoms with Crippen LogP contribution >= 0.6 is 22.7 Å². The topological polar surface area (TPSA) is 105 Å². The van der Waals surface area contributed by atoms with E-state index in [9.17, 15) is 4.79 Å². The van der Waals surface area contributed by atoms with Gasteiger partial charge in [-0.3, -0.25) is 4.79 Å². The summed E-state index contributed by atoms with van der Waals surface area (Å²) in [7, 11) is 0. The molecule has 5 rings (SSSR count). The first-order valence-electron chi connectivity index (χ1n) is 9.63. The van der Waals surface area contributed by atoms with E-state index >= 15 is 4.39 Å². The number of nitrogens with one attached hydrogen (secondary N) is 1. The zero-order chi connectivity index (χ0) is 21.6. The van der Waals surface area contributed by atoms with Crippen LogP contribution in [0.15, 0.2) is 28.7 Å². The van der Waals surface area contributed by atoms with Crippen LogP contribution < -0.4 is 5.32 Å². The molecule has 1 fully saturated rings. The third-order valence-corrected chi connectivity index (χ3v) is 7.11. The average Bonchev–Trinajstić information content (AvgIpc) is 3.07. The Morgan fingerprint density at radius 2 is 2.06 bits per heavy atom. The van der Waals surface area contributed by atoms with E-state index in [0.717, 1.165) is 9.75 Å². The van der Waals surface area contributed by atoms with E-state index in [1.807, 2.05) is 25.1 Å². The van der Waals surface area contributed by atoms with Crippen LogP contribution in [-0.4, -0.2) is 26.6 Å². The molecule has 1 aliphatic carbocycles. The highest BCUT2D eigenvalue weighted by atomic mass is 32.1. The molecule has 31 heavy (non-hydrogen) atoms. The van der Waals surface area contributed by atoms with Gasteiger partial charge in [0.25, 0.3) is 0 Å². The highest BCUT2D eigenvalue weighted by Gasteiger charge is 2.44. The summed E-state index contributed by atoms with van der Waals surface area (Å²) in [6.45, 7) is 1.99. The summed E-state index contributed by atoms with van der Waals surface area (Å²) in [6.07, 6.45) is 1.48. The van der Waals surface area contributed by atoms with Crippen molar-refractivity contribution in [2.75, 3.05) is 0 Å². The molecule has 1 aliphatic rings. The number of hydrogen-bond donors (Lipinski definition) is 1. The zero-order valence-electron chi connectivity index (χ0n) is 16.4. The molecule has 1 aromatic carbocycles. The van der Waals surface area contributed by atoms with Crippen LogP contribution in [-0.2, 0) is 17.6 Å². The maximum absolute atomic E-state index is 15.1. The van der Waals surface area contributed by atoms with Gasteiger partial charge in [0, 0.05) is 15.3 Å². The van der Waals surface area contributed by atoms with Crippen molar-refractivity contribution < 1.29 is 13.6 Å². The lowest BCUT2D eigenvalue weighted by molar-refractivity contribution is -0.121. The van der Waals surface area contributed by atoms with Gasteiger partial charge in [-0.05, 0) is 44.0 Å². The van der Waals surface area contributed by atoms with Crippen LogP contribution in [0.4, 0.5) is 4.39 Å². The van der Waals surface area contributed by atoms with Gasteiger partial charge in [0.05, 0.1) is 22.7 Å². The van der Waals surface area contributed by atoms with E-state index in [2.05, 4.69) is 26.6 Å². The molecule has 1 saturated carbocycles. The van der Waals surface area contributed by atoms with Crippen molar-refractivity contribution in [2.24, 2.45) is 0 Å². The smallest absolute Gasteiger partial charge is 0.230 e. The van der Waals surface area contributed by atoms with Crippen molar-refractivity contribution in [1.29, 1.82) is 5.26 Å². The Kier molecular flexibility index (Phi) is 4.79. The number of thiazole rings is 1. The maximum atomic E-state index is 15.1. The molecule has 1 amide bonds. The number of nitrogens with zero attached hydrogens (tertiary/aromatic N) is 4. The SMILES string of the molecule is Cc1ccc(-c2ccc3nc(Cc4nnc(CC(=O)NC5(C#N)CC5)o4)sc3c2F)s1. The minimum Gasteiger partial charge on any atom is -0.424 e. The summed E-state index contributed by atoms with van der Waals surface area (Å²) in [4.78, 5) is 18.6. The summed E-state index contributed by atoms with van der Waals surface area (Å²) in [5.74, 6) is -0.133. The van der Waals surface area contributed by atoms with Crippen molar-refractivity contribution in [3.63, 3.8) is 0 Å². The fourth-order valence-corrected chi connectivity index (χ4v) is 5.13. The molecule has 1 N–H and O–H groups in total. The quantitative estimate of drug-likeness (QED) is 0.470. The van der Waals surface area contributed by atoms with Gasteiger partial charge >= 0.3 is 0 Å². The second kappa shape index (κ2) is 7.51. The van der Waals surface area contributed by atoms with Crippen LogP contribution in [0.1, 0.15) is 34.5 Å². The first-order chi connectivity index (χ1) is 14.9. The van der Waals surface area contributed by atoms with E-state index in [0.29, 0.717) is 39.5 Å². The standard InChI is InChI=1S/C21H16FN5O2S2/c1-11-2-5-14(30-11)12-3-4-13-20(19(12)22)31-18(24-13)9-17-27-26-16(29-17)8-15(28)25-21(10-23)6-7-21/h2-5H,6-9H2,1H3,(H,25,28). The Labute approximate surface area is 184 Å². The van der Waals surface area contributed by atoms with Gasteiger partial charge in [-0.1, -0.05) is 0 Å². The normalized spacial score (nSPS) is 14.5. The van der Waals surface area contributed by atoms with Gasteiger partial charge in [0.2, 0.25) is 17.7 Å². The minimum atomic E-state index is -0.730. The van der Waals surface area contributed by atoms with Crippen molar-refractivity contribution >= 4 is 38.8 Å². The number of fused-ring (bicyclic) bond motifs is 1. The molecule has 0 atom stereocenters. The van der Waals surface area contributed by atoms with Crippen LogP contribution in [0.5, 0.6) is 0 Å². The number of benzene rings is 1. The first kappa shape index (κ1) is 19.8. The molecule has 3 heterocycles. The monoisotopic (exact) mass is 453 g/mol. The number of hydrogen-bond acceptors (Lipinski definition) is 8. The van der Waals surface area contributed by atoms with E-state index < -0.39 is 5.54 Å². The average molecular weight is 454 g/mol. The Morgan fingerprint density at radius 3 is 2.77 bits per heavy atom. The number of carbonyl (C=O) groups is 1. The Bertz CT molecular complexity index is 1350. The number of halogens is 1. The second-order valence-corrected chi connectivity index (χ2v) is 9.85. The van der Waals surface area contributed by atoms with Crippen LogP contribution in [0.3, 0.4) is 0 Å². The van der Waals surface area contributed by atoms with Gasteiger partial charge in [-0.25, -0.2) is 9.37 Å². The number of carbonyl (C=O) groups excluding carboxylic acids is 1. The van der Waals surface area contributed by atoms with Gasteiger partial charge in [0.1, 0.15) is 17.0 Å². The zero-order valence-corrected chi connectivity index (χ0v) is 18.1. The third kappa shape index (κ3) is 3.94. The van der Waals surface area contributed by atoms with Gasteiger partial charge in [-0.2, -0.15) is 5.26 Å². The lowest BCUT2D eigenvalue weighted by Crippen LogP contribution is -2.36. The Morgan fingerprint density at radius 1 is 1.26 bits per heavy atom. The number of rotatable bonds is 6. The minimum absolute atomic E-state index is 0.0888. The van der Waals surface area contributed by atoms with E-state index in [1.165, 1.54) is 11.3 Å². The molecule has 0 aliphatic heterocycles. The highest BCUT2D eigenvalue weighted by Crippen LogP contribution is 2.36.